The van der Waals surface area contributed by atoms with Crippen LogP contribution in [0.5, 0.6) is 5.75 Å². The number of rotatable bonds is 6. The van der Waals surface area contributed by atoms with Crippen LogP contribution in [0.1, 0.15) is 6.42 Å². The Morgan fingerprint density at radius 3 is 3.00 bits per heavy atom. The Hall–Kier alpha value is -0.820. The summed E-state index contributed by atoms with van der Waals surface area (Å²) in [4.78, 5) is 11.7. The molecule has 1 aliphatic rings. The van der Waals surface area contributed by atoms with Crippen molar-refractivity contribution in [1.29, 1.82) is 0 Å². The largest absolute Gasteiger partial charge is 0.492 e. The SMILES string of the molecule is O=C(CCOc1ccc(Cl)cc1Br)NCC1CNCC1O. The van der Waals surface area contributed by atoms with Gasteiger partial charge in [0, 0.05) is 30.6 Å². The third kappa shape index (κ3) is 5.14. The van der Waals surface area contributed by atoms with Gasteiger partial charge in [0.2, 0.25) is 5.91 Å². The molecule has 7 heteroatoms. The van der Waals surface area contributed by atoms with E-state index >= 15 is 0 Å². The van der Waals surface area contributed by atoms with Gasteiger partial charge in [-0.15, -0.1) is 0 Å². The maximum absolute atomic E-state index is 11.7. The van der Waals surface area contributed by atoms with Crippen LogP contribution in [0.15, 0.2) is 22.7 Å². The molecule has 0 radical (unpaired) electrons. The number of β-amino-alcohol motifs (C(OH)–C–C–N with tert-alkyl or cyclic N) is 1. The average molecular weight is 378 g/mol. The van der Waals surface area contributed by atoms with E-state index in [4.69, 9.17) is 16.3 Å². The van der Waals surface area contributed by atoms with E-state index in [0.717, 1.165) is 11.0 Å². The summed E-state index contributed by atoms with van der Waals surface area (Å²) in [6, 6.07) is 5.23. The zero-order chi connectivity index (χ0) is 15.2. The van der Waals surface area contributed by atoms with Gasteiger partial charge in [0.25, 0.3) is 0 Å². The summed E-state index contributed by atoms with van der Waals surface area (Å²) in [5.74, 6) is 0.655. The number of hydrogen-bond acceptors (Lipinski definition) is 4. The van der Waals surface area contributed by atoms with Crippen LogP contribution < -0.4 is 15.4 Å². The molecule has 0 bridgehead atoms. The number of nitrogens with one attached hydrogen (secondary N) is 2. The summed E-state index contributed by atoms with van der Waals surface area (Å²) < 4.78 is 6.29. The van der Waals surface area contributed by atoms with Crippen molar-refractivity contribution in [1.82, 2.24) is 10.6 Å². The van der Waals surface area contributed by atoms with Crippen LogP contribution in [0.25, 0.3) is 0 Å². The lowest BCUT2D eigenvalue weighted by Gasteiger charge is -2.14. The molecular weight excluding hydrogens is 360 g/mol. The minimum atomic E-state index is -0.383. The standard InChI is InChI=1S/C14H18BrClN2O3/c15-11-5-10(16)1-2-13(11)21-4-3-14(20)18-7-9-6-17-8-12(9)19/h1-2,5,9,12,17,19H,3-4,6-8H2,(H,18,20). The second-order valence-electron chi connectivity index (χ2n) is 4.96. The van der Waals surface area contributed by atoms with E-state index in [9.17, 15) is 9.90 Å². The van der Waals surface area contributed by atoms with Crippen molar-refractivity contribution in [2.45, 2.75) is 12.5 Å². The Morgan fingerprint density at radius 1 is 1.52 bits per heavy atom. The minimum Gasteiger partial charge on any atom is -0.492 e. The molecule has 1 fully saturated rings. The summed E-state index contributed by atoms with van der Waals surface area (Å²) in [5, 5.41) is 16.1. The van der Waals surface area contributed by atoms with Gasteiger partial charge >= 0.3 is 0 Å². The maximum atomic E-state index is 11.7. The van der Waals surface area contributed by atoms with Gasteiger partial charge in [-0.1, -0.05) is 11.6 Å². The molecule has 1 saturated heterocycles. The minimum absolute atomic E-state index is 0.0836. The molecule has 1 aliphatic heterocycles. The van der Waals surface area contributed by atoms with Crippen LogP contribution in [0.4, 0.5) is 0 Å². The molecular formula is C14H18BrClN2O3. The predicted octanol–water partition coefficient (Wildman–Crippen LogP) is 1.57. The summed E-state index contributed by atoms with van der Waals surface area (Å²) in [7, 11) is 0. The van der Waals surface area contributed by atoms with Crippen molar-refractivity contribution in [2.24, 2.45) is 5.92 Å². The fraction of sp³-hybridized carbons (Fsp3) is 0.500. The second kappa shape index (κ2) is 7.98. The fourth-order valence-corrected chi connectivity index (χ4v) is 2.90. The Labute approximate surface area is 137 Å². The van der Waals surface area contributed by atoms with E-state index in [1.54, 1.807) is 18.2 Å². The monoisotopic (exact) mass is 376 g/mol. The number of ether oxygens (including phenoxy) is 1. The number of aliphatic hydroxyl groups excluding tert-OH is 1. The number of hydrogen-bond donors (Lipinski definition) is 3. The summed E-state index contributed by atoms with van der Waals surface area (Å²) >= 11 is 9.19. The van der Waals surface area contributed by atoms with Crippen LogP contribution in [0.2, 0.25) is 5.02 Å². The Balaban J connectivity index is 1.67. The lowest BCUT2D eigenvalue weighted by atomic mass is 10.1. The summed E-state index contributed by atoms with van der Waals surface area (Å²) in [6.07, 6.45) is -0.114. The third-order valence-electron chi connectivity index (χ3n) is 3.35. The van der Waals surface area contributed by atoms with Crippen molar-refractivity contribution >= 4 is 33.4 Å². The van der Waals surface area contributed by atoms with E-state index in [-0.39, 0.29) is 31.0 Å². The smallest absolute Gasteiger partial charge is 0.223 e. The average Bonchev–Trinajstić information content (AvgIpc) is 2.84. The molecule has 1 heterocycles. The van der Waals surface area contributed by atoms with Crippen LogP contribution in [-0.4, -0.2) is 43.4 Å². The van der Waals surface area contributed by atoms with Gasteiger partial charge in [-0.25, -0.2) is 0 Å². The lowest BCUT2D eigenvalue weighted by molar-refractivity contribution is -0.121. The molecule has 3 N–H and O–H groups in total. The number of halogens is 2. The van der Waals surface area contributed by atoms with Gasteiger partial charge in [0.1, 0.15) is 5.75 Å². The number of aliphatic hydroxyl groups is 1. The number of benzene rings is 1. The Morgan fingerprint density at radius 2 is 2.33 bits per heavy atom. The lowest BCUT2D eigenvalue weighted by Crippen LogP contribution is -2.34. The van der Waals surface area contributed by atoms with Crippen LogP contribution >= 0.6 is 27.5 Å². The van der Waals surface area contributed by atoms with E-state index in [1.807, 2.05) is 0 Å². The first kappa shape index (κ1) is 16.5. The molecule has 0 spiro atoms. The van der Waals surface area contributed by atoms with E-state index < -0.39 is 0 Å². The molecule has 2 unspecified atom stereocenters. The molecule has 21 heavy (non-hydrogen) atoms. The third-order valence-corrected chi connectivity index (χ3v) is 4.20. The van der Waals surface area contributed by atoms with Gasteiger partial charge < -0.3 is 20.5 Å². The first-order valence-corrected chi connectivity index (χ1v) is 7.96. The predicted molar refractivity (Wildman–Crippen MR) is 84.6 cm³/mol. The zero-order valence-corrected chi connectivity index (χ0v) is 13.8. The van der Waals surface area contributed by atoms with E-state index in [1.165, 1.54) is 0 Å². The van der Waals surface area contributed by atoms with Gasteiger partial charge in [-0.05, 0) is 34.1 Å². The van der Waals surface area contributed by atoms with Crippen molar-refractivity contribution in [3.05, 3.63) is 27.7 Å². The number of carbonyl (C=O) groups excluding carboxylic acids is 1. The van der Waals surface area contributed by atoms with Gasteiger partial charge in [0.15, 0.2) is 0 Å². The molecule has 1 amide bonds. The first-order valence-electron chi connectivity index (χ1n) is 6.79. The normalized spacial score (nSPS) is 21.3. The van der Waals surface area contributed by atoms with Gasteiger partial charge in [-0.3, -0.25) is 4.79 Å². The van der Waals surface area contributed by atoms with Crippen LogP contribution in [0, 0.1) is 5.92 Å². The second-order valence-corrected chi connectivity index (χ2v) is 6.25. The van der Waals surface area contributed by atoms with Crippen molar-refractivity contribution in [2.75, 3.05) is 26.2 Å². The maximum Gasteiger partial charge on any atom is 0.223 e. The van der Waals surface area contributed by atoms with Crippen LogP contribution in [-0.2, 0) is 4.79 Å². The number of amides is 1. The first-order chi connectivity index (χ1) is 10.1. The molecule has 116 valence electrons. The molecule has 0 aromatic heterocycles. The topological polar surface area (TPSA) is 70.6 Å². The van der Waals surface area contributed by atoms with Crippen LogP contribution in [0.3, 0.4) is 0 Å². The molecule has 5 nitrogen and oxygen atoms in total. The highest BCUT2D eigenvalue weighted by Gasteiger charge is 2.24. The fourth-order valence-electron chi connectivity index (χ4n) is 2.11. The quantitative estimate of drug-likeness (QED) is 0.704. The molecule has 1 aromatic rings. The Bertz CT molecular complexity index is 501. The summed E-state index contributed by atoms with van der Waals surface area (Å²) in [5.41, 5.74) is 0. The molecule has 2 atom stereocenters. The van der Waals surface area contributed by atoms with E-state index in [2.05, 4.69) is 26.6 Å². The van der Waals surface area contributed by atoms with Crippen molar-refractivity contribution in [3.8, 4) is 5.75 Å². The van der Waals surface area contributed by atoms with Gasteiger partial charge in [0.05, 0.1) is 23.6 Å². The number of carbonyl (C=O) groups is 1. The molecule has 2 rings (SSSR count). The van der Waals surface area contributed by atoms with Crippen molar-refractivity contribution in [3.63, 3.8) is 0 Å². The molecule has 0 saturated carbocycles. The van der Waals surface area contributed by atoms with Gasteiger partial charge in [-0.2, -0.15) is 0 Å². The van der Waals surface area contributed by atoms with E-state index in [0.29, 0.717) is 23.9 Å². The Kier molecular flexibility index (Phi) is 6.29. The molecule has 1 aromatic carbocycles. The highest BCUT2D eigenvalue weighted by molar-refractivity contribution is 9.10. The highest BCUT2D eigenvalue weighted by Crippen LogP contribution is 2.27. The highest BCUT2D eigenvalue weighted by atomic mass is 79.9. The zero-order valence-electron chi connectivity index (χ0n) is 11.4. The summed E-state index contributed by atoms with van der Waals surface area (Å²) in [6.45, 7) is 2.10. The van der Waals surface area contributed by atoms with Crippen molar-refractivity contribution < 1.29 is 14.6 Å². The molecule has 0 aliphatic carbocycles.